The third-order valence-electron chi connectivity index (χ3n) is 2.82. The molecule has 2 rings (SSSR count). The molecule has 0 aliphatic heterocycles. The minimum absolute atomic E-state index is 0.0445. The van der Waals surface area contributed by atoms with Crippen LogP contribution in [0.2, 0.25) is 4.34 Å². The highest BCUT2D eigenvalue weighted by molar-refractivity contribution is 7.16. The van der Waals surface area contributed by atoms with Gasteiger partial charge in [0, 0.05) is 11.3 Å². The first-order valence-corrected chi connectivity index (χ1v) is 7.81. The number of rotatable bonds is 2. The van der Waals surface area contributed by atoms with Gasteiger partial charge in [0.05, 0.1) is 5.56 Å². The smallest absolute Gasteiger partial charge is 0.264 e. The zero-order chi connectivity index (χ0) is 15.6. The van der Waals surface area contributed by atoms with Gasteiger partial charge in [0.2, 0.25) is 5.78 Å². The zero-order valence-electron chi connectivity index (χ0n) is 12.4. The molecule has 0 N–H and O–H groups in total. The van der Waals surface area contributed by atoms with Crippen molar-refractivity contribution in [1.82, 2.24) is 4.98 Å². The molecule has 0 aliphatic rings. The Morgan fingerprint density at radius 1 is 1.43 bits per heavy atom. The molecule has 0 unspecified atom stereocenters. The van der Waals surface area contributed by atoms with E-state index in [0.717, 1.165) is 5.56 Å². The van der Waals surface area contributed by atoms with E-state index in [1.807, 2.05) is 6.07 Å². The predicted molar refractivity (Wildman–Crippen MR) is 85.1 cm³/mol. The van der Waals surface area contributed by atoms with Crippen molar-refractivity contribution in [3.05, 3.63) is 38.7 Å². The lowest BCUT2D eigenvalue weighted by molar-refractivity contribution is 0.0955. The van der Waals surface area contributed by atoms with Gasteiger partial charge in [0.15, 0.2) is 5.69 Å². The second-order valence-electron chi connectivity index (χ2n) is 5.61. The maximum absolute atomic E-state index is 11.4. The fourth-order valence-electron chi connectivity index (χ4n) is 1.57. The molecule has 0 aliphatic carbocycles. The summed E-state index contributed by atoms with van der Waals surface area (Å²) in [6, 6.07) is 2.00. The van der Waals surface area contributed by atoms with Gasteiger partial charge < -0.3 is 4.42 Å². The van der Waals surface area contributed by atoms with Crippen molar-refractivity contribution >= 4 is 28.7 Å². The highest BCUT2D eigenvalue weighted by Crippen LogP contribution is 2.35. The lowest BCUT2D eigenvalue weighted by Crippen LogP contribution is -2.07. The summed E-state index contributed by atoms with van der Waals surface area (Å²) in [7, 11) is 0. The molecule has 0 fully saturated rings. The van der Waals surface area contributed by atoms with Crippen LogP contribution in [0.4, 0.5) is 0 Å². The van der Waals surface area contributed by atoms with Crippen molar-refractivity contribution in [1.29, 1.82) is 0 Å². The number of carbonyl (C=O) groups excluding carboxylic acids is 1. The average Bonchev–Trinajstić information content (AvgIpc) is 3.01. The third-order valence-corrected chi connectivity index (χ3v) is 4.60. The van der Waals surface area contributed by atoms with Gasteiger partial charge in [-0.3, -0.25) is 4.79 Å². The SMILES string of the molecule is CCC(=O)c1nc(C#Cc2cc(C(C)(C)C)sc2Cl)co1. The molecule has 3 nitrogen and oxygen atoms in total. The van der Waals surface area contributed by atoms with Crippen LogP contribution in [0.15, 0.2) is 16.7 Å². The molecule has 2 heterocycles. The summed E-state index contributed by atoms with van der Waals surface area (Å²) < 4.78 is 5.77. The number of hydrogen-bond acceptors (Lipinski definition) is 4. The third kappa shape index (κ3) is 3.75. The molecular weight excluding hydrogens is 306 g/mol. The Hall–Kier alpha value is -1.57. The summed E-state index contributed by atoms with van der Waals surface area (Å²) >= 11 is 7.75. The summed E-state index contributed by atoms with van der Waals surface area (Å²) in [5.41, 5.74) is 1.26. The maximum atomic E-state index is 11.4. The highest BCUT2D eigenvalue weighted by Gasteiger charge is 2.18. The van der Waals surface area contributed by atoms with E-state index in [2.05, 4.69) is 37.6 Å². The molecule has 0 saturated heterocycles. The fourth-order valence-corrected chi connectivity index (χ4v) is 2.81. The number of Topliss-reactive ketones (excluding diaryl/α,β-unsaturated/α-hetero) is 1. The van der Waals surface area contributed by atoms with Crippen molar-refractivity contribution in [2.75, 3.05) is 0 Å². The van der Waals surface area contributed by atoms with Crippen molar-refractivity contribution in [2.24, 2.45) is 0 Å². The predicted octanol–water partition coefficient (Wildman–Crippen LogP) is 4.68. The fraction of sp³-hybridized carbons (Fsp3) is 0.375. The lowest BCUT2D eigenvalue weighted by atomic mass is 9.94. The van der Waals surface area contributed by atoms with Crippen LogP contribution in [0, 0.1) is 11.8 Å². The van der Waals surface area contributed by atoms with Crippen molar-refractivity contribution in [3.8, 4) is 11.8 Å². The average molecular weight is 322 g/mol. The molecule has 2 aromatic rings. The van der Waals surface area contributed by atoms with Crippen molar-refractivity contribution < 1.29 is 9.21 Å². The molecule has 0 saturated carbocycles. The second kappa shape index (κ2) is 6.05. The normalized spacial score (nSPS) is 11.1. The van der Waals surface area contributed by atoms with Gasteiger partial charge in [0.25, 0.3) is 5.89 Å². The number of carbonyl (C=O) groups is 1. The number of oxazole rings is 1. The standard InChI is InChI=1S/C16H16ClNO2S/c1-5-12(19)15-18-11(9-20-15)7-6-10-8-13(16(2,3)4)21-14(10)17/h8-9H,5H2,1-4H3. The van der Waals surface area contributed by atoms with Crippen molar-refractivity contribution in [2.45, 2.75) is 39.5 Å². The molecular formula is C16H16ClNO2S. The summed E-state index contributed by atoms with van der Waals surface area (Å²) in [5.74, 6) is 5.84. The van der Waals surface area contributed by atoms with Crippen LogP contribution in [-0.2, 0) is 5.41 Å². The number of ketones is 1. The summed E-state index contributed by atoms with van der Waals surface area (Å²) in [5, 5.41) is 0. The summed E-state index contributed by atoms with van der Waals surface area (Å²) in [4.78, 5) is 16.7. The first kappa shape index (κ1) is 15.8. The van der Waals surface area contributed by atoms with E-state index in [1.54, 1.807) is 6.92 Å². The van der Waals surface area contributed by atoms with Gasteiger partial charge in [0.1, 0.15) is 10.6 Å². The first-order chi connectivity index (χ1) is 9.81. The Bertz CT molecular complexity index is 726. The number of halogens is 1. The molecule has 110 valence electrons. The molecule has 0 atom stereocenters. The van der Waals surface area contributed by atoms with Crippen LogP contribution < -0.4 is 0 Å². The molecule has 21 heavy (non-hydrogen) atoms. The number of thiophene rings is 1. The minimum Gasteiger partial charge on any atom is -0.441 e. The zero-order valence-corrected chi connectivity index (χ0v) is 14.0. The van der Waals surface area contributed by atoms with E-state index in [1.165, 1.54) is 22.5 Å². The second-order valence-corrected chi connectivity index (χ2v) is 7.27. The van der Waals surface area contributed by atoms with E-state index >= 15 is 0 Å². The number of aromatic nitrogens is 1. The molecule has 0 radical (unpaired) electrons. The highest BCUT2D eigenvalue weighted by atomic mass is 35.5. The van der Waals surface area contributed by atoms with Crippen molar-refractivity contribution in [3.63, 3.8) is 0 Å². The monoisotopic (exact) mass is 321 g/mol. The van der Waals surface area contributed by atoms with Crippen LogP contribution in [-0.4, -0.2) is 10.8 Å². The topological polar surface area (TPSA) is 43.1 Å². The summed E-state index contributed by atoms with van der Waals surface area (Å²) in [6.45, 7) is 8.16. The van der Waals surface area contributed by atoms with E-state index < -0.39 is 0 Å². The minimum atomic E-state index is -0.133. The van der Waals surface area contributed by atoms with Crippen LogP contribution in [0.1, 0.15) is 60.9 Å². The molecule has 5 heteroatoms. The van der Waals surface area contributed by atoms with E-state index in [4.69, 9.17) is 16.0 Å². The van der Waals surface area contributed by atoms with E-state index in [9.17, 15) is 4.79 Å². The molecule has 2 aromatic heterocycles. The Balaban J connectivity index is 2.25. The van der Waals surface area contributed by atoms with Gasteiger partial charge in [-0.05, 0) is 17.4 Å². The largest absolute Gasteiger partial charge is 0.441 e. The van der Waals surface area contributed by atoms with Crippen LogP contribution >= 0.6 is 22.9 Å². The maximum Gasteiger partial charge on any atom is 0.264 e. The van der Waals surface area contributed by atoms with E-state index in [-0.39, 0.29) is 17.1 Å². The molecule has 0 amide bonds. The van der Waals surface area contributed by atoms with Crippen LogP contribution in [0.3, 0.4) is 0 Å². The van der Waals surface area contributed by atoms with Crippen LogP contribution in [0.5, 0.6) is 0 Å². The van der Waals surface area contributed by atoms with Gasteiger partial charge in [-0.2, -0.15) is 4.98 Å². The quantitative estimate of drug-likeness (QED) is 0.596. The van der Waals surface area contributed by atoms with E-state index in [0.29, 0.717) is 16.5 Å². The van der Waals surface area contributed by atoms with Gasteiger partial charge in [-0.15, -0.1) is 11.3 Å². The Kier molecular flexibility index (Phi) is 4.55. The van der Waals surface area contributed by atoms with Gasteiger partial charge in [-0.1, -0.05) is 45.2 Å². The first-order valence-electron chi connectivity index (χ1n) is 6.62. The van der Waals surface area contributed by atoms with Gasteiger partial charge in [-0.25, -0.2) is 0 Å². The number of nitrogens with zero attached hydrogens (tertiary/aromatic N) is 1. The molecule has 0 spiro atoms. The lowest BCUT2D eigenvalue weighted by Gasteiger charge is -2.14. The Morgan fingerprint density at radius 2 is 2.14 bits per heavy atom. The van der Waals surface area contributed by atoms with Gasteiger partial charge >= 0.3 is 0 Å². The van der Waals surface area contributed by atoms with Crippen LogP contribution in [0.25, 0.3) is 0 Å². The molecule has 0 bridgehead atoms. The summed E-state index contributed by atoms with van der Waals surface area (Å²) in [6.07, 6.45) is 1.75. The Labute approximate surface area is 133 Å². The number of hydrogen-bond donors (Lipinski definition) is 0. The molecule has 0 aromatic carbocycles. The Morgan fingerprint density at radius 3 is 2.71 bits per heavy atom.